The van der Waals surface area contributed by atoms with Crippen molar-refractivity contribution in [3.05, 3.63) is 28.8 Å². The van der Waals surface area contributed by atoms with E-state index in [-0.39, 0.29) is 28.3 Å². The molecule has 1 aromatic rings. The molecule has 0 aromatic heterocycles. The van der Waals surface area contributed by atoms with E-state index in [0.29, 0.717) is 10.6 Å². The number of sulfonamides is 1. The zero-order chi connectivity index (χ0) is 15.3. The number of rotatable bonds is 4. The maximum Gasteiger partial charge on any atom is 0.240 e. The van der Waals surface area contributed by atoms with E-state index in [1.165, 1.54) is 12.1 Å². The fraction of sp³-hybridized carbons (Fsp3) is 0.571. The molecule has 0 bridgehead atoms. The summed E-state index contributed by atoms with van der Waals surface area (Å²) in [6.07, 6.45) is 0. The summed E-state index contributed by atoms with van der Waals surface area (Å²) in [5.41, 5.74) is 6.09. The largest absolute Gasteiger partial charge is 0.326 e. The third-order valence-corrected chi connectivity index (χ3v) is 6.63. The Balaban J connectivity index is 2.29. The molecule has 3 N–H and O–H groups in total. The second-order valence-corrected chi connectivity index (χ2v) is 8.58. The minimum absolute atomic E-state index is 0.0524. The normalized spacial score (nSPS) is 20.9. The highest BCUT2D eigenvalue weighted by Crippen LogP contribution is 2.62. The van der Waals surface area contributed by atoms with Crippen LogP contribution in [-0.2, 0) is 16.6 Å². The van der Waals surface area contributed by atoms with Gasteiger partial charge < -0.3 is 5.73 Å². The predicted molar refractivity (Wildman–Crippen MR) is 81.0 cm³/mol. The number of benzene rings is 1. The summed E-state index contributed by atoms with van der Waals surface area (Å²) in [5, 5.41) is 0.485. The van der Waals surface area contributed by atoms with Crippen molar-refractivity contribution in [2.24, 2.45) is 16.6 Å². The zero-order valence-corrected chi connectivity index (χ0v) is 13.8. The first-order chi connectivity index (χ1) is 9.04. The fourth-order valence-electron chi connectivity index (χ4n) is 2.59. The Bertz CT molecular complexity index is 625. The predicted octanol–water partition coefficient (Wildman–Crippen LogP) is 2.51. The van der Waals surface area contributed by atoms with E-state index in [0.717, 1.165) is 0 Å². The summed E-state index contributed by atoms with van der Waals surface area (Å²) in [6, 6.07) is 4.54. The maximum atomic E-state index is 12.4. The Morgan fingerprint density at radius 2 is 1.80 bits per heavy atom. The highest BCUT2D eigenvalue weighted by molar-refractivity contribution is 7.89. The van der Waals surface area contributed by atoms with Crippen LogP contribution in [0.15, 0.2) is 23.1 Å². The van der Waals surface area contributed by atoms with Gasteiger partial charge in [-0.05, 0) is 34.6 Å². The third-order valence-electron chi connectivity index (χ3n) is 4.84. The molecule has 2 rings (SSSR count). The van der Waals surface area contributed by atoms with Gasteiger partial charge >= 0.3 is 0 Å². The van der Waals surface area contributed by atoms with Gasteiger partial charge in [-0.2, -0.15) is 0 Å². The minimum Gasteiger partial charge on any atom is -0.326 e. The van der Waals surface area contributed by atoms with Crippen LogP contribution in [-0.4, -0.2) is 14.5 Å². The summed E-state index contributed by atoms with van der Waals surface area (Å²) in [4.78, 5) is 0.209. The van der Waals surface area contributed by atoms with Crippen molar-refractivity contribution in [3.8, 4) is 0 Å². The SMILES string of the molecule is CC1(C)C(NS(=O)(=O)c2ccc(Cl)c(CN)c2)C1(C)C. The topological polar surface area (TPSA) is 72.2 Å². The van der Waals surface area contributed by atoms with E-state index in [4.69, 9.17) is 17.3 Å². The molecule has 20 heavy (non-hydrogen) atoms. The van der Waals surface area contributed by atoms with E-state index in [1.807, 2.05) is 0 Å². The molecule has 0 spiro atoms. The Morgan fingerprint density at radius 3 is 2.25 bits per heavy atom. The molecule has 6 heteroatoms. The Hall–Kier alpha value is -0.620. The average molecular weight is 317 g/mol. The lowest BCUT2D eigenvalue weighted by atomic mass is 10.0. The molecule has 0 unspecified atom stereocenters. The lowest BCUT2D eigenvalue weighted by Crippen LogP contribution is -2.30. The Labute approximate surface area is 125 Å². The van der Waals surface area contributed by atoms with Crippen LogP contribution in [0, 0.1) is 10.8 Å². The van der Waals surface area contributed by atoms with Crippen LogP contribution in [0.5, 0.6) is 0 Å². The first-order valence-corrected chi connectivity index (χ1v) is 8.41. The molecule has 112 valence electrons. The standard InChI is InChI=1S/C14H21ClN2O2S/c1-13(2)12(14(13,3)4)17-20(18,19)10-5-6-11(15)9(7-10)8-16/h5-7,12,17H,8,16H2,1-4H3. The van der Waals surface area contributed by atoms with Crippen LogP contribution in [0.25, 0.3) is 0 Å². The fourth-order valence-corrected chi connectivity index (χ4v) is 4.36. The van der Waals surface area contributed by atoms with Crippen LogP contribution in [0.3, 0.4) is 0 Å². The van der Waals surface area contributed by atoms with Crippen molar-refractivity contribution in [2.45, 2.75) is 45.2 Å². The first-order valence-electron chi connectivity index (χ1n) is 6.55. The second kappa shape index (κ2) is 4.70. The summed E-state index contributed by atoms with van der Waals surface area (Å²) < 4.78 is 27.7. The average Bonchev–Trinajstić information content (AvgIpc) is 2.71. The summed E-state index contributed by atoms with van der Waals surface area (Å²) in [6.45, 7) is 8.46. The second-order valence-electron chi connectivity index (χ2n) is 6.46. The van der Waals surface area contributed by atoms with E-state index >= 15 is 0 Å². The molecule has 0 atom stereocenters. The summed E-state index contributed by atoms with van der Waals surface area (Å²) in [7, 11) is -3.55. The van der Waals surface area contributed by atoms with Crippen molar-refractivity contribution in [2.75, 3.05) is 0 Å². The van der Waals surface area contributed by atoms with Gasteiger partial charge in [0.25, 0.3) is 0 Å². The van der Waals surface area contributed by atoms with Crippen molar-refractivity contribution >= 4 is 21.6 Å². The highest BCUT2D eigenvalue weighted by atomic mass is 35.5. The van der Waals surface area contributed by atoms with Gasteiger partial charge in [0.05, 0.1) is 4.90 Å². The molecule has 0 saturated heterocycles. The van der Waals surface area contributed by atoms with Crippen molar-refractivity contribution in [3.63, 3.8) is 0 Å². The van der Waals surface area contributed by atoms with Crippen LogP contribution >= 0.6 is 11.6 Å². The van der Waals surface area contributed by atoms with Gasteiger partial charge in [0.2, 0.25) is 10.0 Å². The van der Waals surface area contributed by atoms with Crippen LogP contribution in [0.4, 0.5) is 0 Å². The van der Waals surface area contributed by atoms with Gasteiger partial charge in [-0.15, -0.1) is 0 Å². The monoisotopic (exact) mass is 316 g/mol. The molecule has 0 amide bonds. The van der Waals surface area contributed by atoms with Crippen LogP contribution < -0.4 is 10.5 Å². The molecule has 1 aromatic carbocycles. The van der Waals surface area contributed by atoms with E-state index in [9.17, 15) is 8.42 Å². The van der Waals surface area contributed by atoms with Gasteiger partial charge in [-0.25, -0.2) is 13.1 Å². The van der Waals surface area contributed by atoms with Gasteiger partial charge in [0.1, 0.15) is 0 Å². The summed E-state index contributed by atoms with van der Waals surface area (Å²) in [5.74, 6) is 0. The minimum atomic E-state index is -3.55. The first kappa shape index (κ1) is 15.8. The van der Waals surface area contributed by atoms with Crippen LogP contribution in [0.1, 0.15) is 33.3 Å². The number of nitrogens with two attached hydrogens (primary N) is 1. The number of nitrogens with one attached hydrogen (secondary N) is 1. The van der Waals surface area contributed by atoms with Crippen molar-refractivity contribution in [1.29, 1.82) is 0 Å². The van der Waals surface area contributed by atoms with Gasteiger partial charge in [0.15, 0.2) is 0 Å². The number of hydrogen-bond acceptors (Lipinski definition) is 3. The molecule has 0 aliphatic heterocycles. The van der Waals surface area contributed by atoms with Crippen molar-refractivity contribution < 1.29 is 8.42 Å². The molecule has 1 saturated carbocycles. The number of hydrogen-bond donors (Lipinski definition) is 2. The Morgan fingerprint density at radius 1 is 1.25 bits per heavy atom. The lowest BCUT2D eigenvalue weighted by molar-refractivity contribution is 0.457. The summed E-state index contributed by atoms with van der Waals surface area (Å²) >= 11 is 5.96. The highest BCUT2D eigenvalue weighted by Gasteiger charge is 2.66. The van der Waals surface area contributed by atoms with E-state index < -0.39 is 10.0 Å². The van der Waals surface area contributed by atoms with E-state index in [2.05, 4.69) is 32.4 Å². The van der Waals surface area contributed by atoms with Crippen LogP contribution in [0.2, 0.25) is 5.02 Å². The molecule has 0 radical (unpaired) electrons. The molecular weight excluding hydrogens is 296 g/mol. The van der Waals surface area contributed by atoms with E-state index in [1.54, 1.807) is 6.07 Å². The van der Waals surface area contributed by atoms with Crippen molar-refractivity contribution in [1.82, 2.24) is 4.72 Å². The molecule has 1 aliphatic rings. The zero-order valence-electron chi connectivity index (χ0n) is 12.2. The molecule has 0 heterocycles. The lowest BCUT2D eigenvalue weighted by Gasteiger charge is -2.10. The van der Waals surface area contributed by atoms with Gasteiger partial charge in [0, 0.05) is 17.6 Å². The maximum absolute atomic E-state index is 12.4. The van der Waals surface area contributed by atoms with Gasteiger partial charge in [-0.1, -0.05) is 39.3 Å². The third kappa shape index (κ3) is 2.37. The Kier molecular flexibility index (Phi) is 3.70. The molecule has 4 nitrogen and oxygen atoms in total. The quantitative estimate of drug-likeness (QED) is 0.896. The molecular formula is C14H21ClN2O2S. The number of halogens is 1. The molecule has 1 fully saturated rings. The van der Waals surface area contributed by atoms with Gasteiger partial charge in [-0.3, -0.25) is 0 Å². The smallest absolute Gasteiger partial charge is 0.240 e. The molecule has 1 aliphatic carbocycles.